The number of hydrogen-bond donors (Lipinski definition) is 1. The lowest BCUT2D eigenvalue weighted by Crippen LogP contribution is -2.49. The van der Waals surface area contributed by atoms with Crippen molar-refractivity contribution in [2.45, 2.75) is 6.54 Å². The molecule has 1 N–H and O–H groups in total. The first-order chi connectivity index (χ1) is 7.69. The Morgan fingerprint density at radius 3 is 2.56 bits per heavy atom. The van der Waals surface area contributed by atoms with Gasteiger partial charge in [-0.25, -0.2) is 0 Å². The third kappa shape index (κ3) is 2.20. The van der Waals surface area contributed by atoms with Crippen LogP contribution >= 0.6 is 0 Å². The maximum absolute atomic E-state index is 10.6. The molecule has 1 aliphatic rings. The summed E-state index contributed by atoms with van der Waals surface area (Å²) in [5, 5.41) is 17.4. The van der Waals surface area contributed by atoms with Gasteiger partial charge in [0.2, 0.25) is 0 Å². The standard InChI is InChI=1S/C12H12N2O2/c13-5-9-1-3-10(4-2-9)6-14-7-11(8-14)12(15)16/h1-4,11H,6-8H2,(H,15,16). The van der Waals surface area contributed by atoms with Crippen LogP contribution in [0.25, 0.3) is 0 Å². The van der Waals surface area contributed by atoms with E-state index in [0.717, 1.165) is 12.1 Å². The van der Waals surface area contributed by atoms with Gasteiger partial charge in [-0.05, 0) is 17.7 Å². The summed E-state index contributed by atoms with van der Waals surface area (Å²) in [5.41, 5.74) is 1.76. The smallest absolute Gasteiger partial charge is 0.309 e. The van der Waals surface area contributed by atoms with Crippen molar-refractivity contribution in [2.24, 2.45) is 5.92 Å². The van der Waals surface area contributed by atoms with Crippen molar-refractivity contribution in [3.8, 4) is 6.07 Å². The number of benzene rings is 1. The van der Waals surface area contributed by atoms with Crippen LogP contribution in [0, 0.1) is 17.2 Å². The highest BCUT2D eigenvalue weighted by atomic mass is 16.4. The Kier molecular flexibility index (Phi) is 2.88. The lowest BCUT2D eigenvalue weighted by molar-refractivity contribution is -0.147. The molecule has 0 aromatic heterocycles. The number of likely N-dealkylation sites (tertiary alicyclic amines) is 1. The summed E-state index contributed by atoms with van der Waals surface area (Å²) in [6, 6.07) is 9.45. The molecule has 1 saturated heterocycles. The van der Waals surface area contributed by atoms with Crippen molar-refractivity contribution in [3.05, 3.63) is 35.4 Å². The van der Waals surface area contributed by atoms with E-state index in [1.807, 2.05) is 12.1 Å². The molecule has 0 radical (unpaired) electrons. The van der Waals surface area contributed by atoms with Crippen LogP contribution in [0.1, 0.15) is 11.1 Å². The molecule has 0 bridgehead atoms. The van der Waals surface area contributed by atoms with Crippen LogP contribution in [0.5, 0.6) is 0 Å². The molecular weight excluding hydrogens is 204 g/mol. The van der Waals surface area contributed by atoms with E-state index in [9.17, 15) is 4.79 Å². The predicted molar refractivity (Wildman–Crippen MR) is 57.6 cm³/mol. The third-order valence-corrected chi connectivity index (χ3v) is 2.80. The topological polar surface area (TPSA) is 64.3 Å². The Bertz CT molecular complexity index is 427. The summed E-state index contributed by atoms with van der Waals surface area (Å²) >= 11 is 0. The lowest BCUT2D eigenvalue weighted by atomic mass is 9.99. The minimum absolute atomic E-state index is 0.210. The Morgan fingerprint density at radius 1 is 1.44 bits per heavy atom. The summed E-state index contributed by atoms with van der Waals surface area (Å²) in [7, 11) is 0. The number of carbonyl (C=O) groups is 1. The Morgan fingerprint density at radius 2 is 2.06 bits per heavy atom. The van der Waals surface area contributed by atoms with Gasteiger partial charge in [-0.15, -0.1) is 0 Å². The predicted octanol–water partition coefficient (Wildman–Crippen LogP) is 1.07. The van der Waals surface area contributed by atoms with Crippen molar-refractivity contribution in [2.75, 3.05) is 13.1 Å². The molecule has 2 rings (SSSR count). The molecule has 0 atom stereocenters. The zero-order valence-corrected chi connectivity index (χ0v) is 8.76. The van der Waals surface area contributed by atoms with Gasteiger partial charge >= 0.3 is 5.97 Å². The zero-order chi connectivity index (χ0) is 11.5. The summed E-state index contributed by atoms with van der Waals surface area (Å²) < 4.78 is 0. The average molecular weight is 216 g/mol. The lowest BCUT2D eigenvalue weighted by Gasteiger charge is -2.36. The second-order valence-electron chi connectivity index (χ2n) is 4.04. The van der Waals surface area contributed by atoms with E-state index < -0.39 is 5.97 Å². The molecule has 0 amide bonds. The van der Waals surface area contributed by atoms with Crippen LogP contribution in [0.4, 0.5) is 0 Å². The number of carboxylic acids is 1. The number of rotatable bonds is 3. The normalized spacial score (nSPS) is 16.4. The van der Waals surface area contributed by atoms with E-state index in [0.29, 0.717) is 18.7 Å². The minimum atomic E-state index is -0.712. The number of nitrogens with zero attached hydrogens (tertiary/aromatic N) is 2. The number of aliphatic carboxylic acids is 1. The molecule has 1 aliphatic heterocycles. The number of nitriles is 1. The monoisotopic (exact) mass is 216 g/mol. The van der Waals surface area contributed by atoms with Gasteiger partial charge in [-0.1, -0.05) is 12.1 Å². The molecule has 4 heteroatoms. The maximum atomic E-state index is 10.6. The summed E-state index contributed by atoms with van der Waals surface area (Å²) in [5.74, 6) is -0.922. The van der Waals surface area contributed by atoms with Crippen LogP contribution in [0.15, 0.2) is 24.3 Å². The van der Waals surface area contributed by atoms with Gasteiger partial charge in [0, 0.05) is 19.6 Å². The molecule has 16 heavy (non-hydrogen) atoms. The van der Waals surface area contributed by atoms with Crippen molar-refractivity contribution in [1.82, 2.24) is 4.90 Å². The Balaban J connectivity index is 1.87. The van der Waals surface area contributed by atoms with Crippen molar-refractivity contribution < 1.29 is 9.90 Å². The van der Waals surface area contributed by atoms with Crippen LogP contribution in [-0.2, 0) is 11.3 Å². The quantitative estimate of drug-likeness (QED) is 0.821. The van der Waals surface area contributed by atoms with E-state index in [4.69, 9.17) is 10.4 Å². The van der Waals surface area contributed by atoms with Crippen molar-refractivity contribution in [1.29, 1.82) is 5.26 Å². The molecule has 1 fully saturated rings. The first kappa shape index (κ1) is 10.7. The fraction of sp³-hybridized carbons (Fsp3) is 0.333. The van der Waals surface area contributed by atoms with Crippen LogP contribution in [-0.4, -0.2) is 29.1 Å². The molecule has 4 nitrogen and oxygen atoms in total. The fourth-order valence-corrected chi connectivity index (χ4v) is 1.80. The third-order valence-electron chi connectivity index (χ3n) is 2.80. The average Bonchev–Trinajstić information content (AvgIpc) is 2.23. The van der Waals surface area contributed by atoms with Gasteiger partial charge in [-0.2, -0.15) is 5.26 Å². The second kappa shape index (κ2) is 4.33. The van der Waals surface area contributed by atoms with Crippen molar-refractivity contribution in [3.63, 3.8) is 0 Å². The van der Waals surface area contributed by atoms with E-state index in [1.54, 1.807) is 12.1 Å². The van der Waals surface area contributed by atoms with E-state index >= 15 is 0 Å². The van der Waals surface area contributed by atoms with Crippen molar-refractivity contribution >= 4 is 5.97 Å². The van der Waals surface area contributed by atoms with E-state index in [1.165, 1.54) is 0 Å². The first-order valence-electron chi connectivity index (χ1n) is 5.13. The van der Waals surface area contributed by atoms with Gasteiger partial charge in [0.15, 0.2) is 0 Å². The Labute approximate surface area is 93.7 Å². The van der Waals surface area contributed by atoms with E-state index in [-0.39, 0.29) is 5.92 Å². The highest BCUT2D eigenvalue weighted by Crippen LogP contribution is 2.18. The van der Waals surface area contributed by atoms with Crippen LogP contribution in [0.3, 0.4) is 0 Å². The second-order valence-corrected chi connectivity index (χ2v) is 4.04. The molecule has 1 aromatic carbocycles. The van der Waals surface area contributed by atoms with Crippen LogP contribution < -0.4 is 0 Å². The summed E-state index contributed by atoms with van der Waals surface area (Å²) in [6.07, 6.45) is 0. The van der Waals surface area contributed by atoms with Gasteiger partial charge in [0.25, 0.3) is 0 Å². The highest BCUT2D eigenvalue weighted by Gasteiger charge is 2.31. The largest absolute Gasteiger partial charge is 0.481 e. The fourth-order valence-electron chi connectivity index (χ4n) is 1.80. The number of carboxylic acid groups (broad SMARTS) is 1. The minimum Gasteiger partial charge on any atom is -0.481 e. The summed E-state index contributed by atoms with van der Waals surface area (Å²) in [6.45, 7) is 2.00. The molecule has 82 valence electrons. The first-order valence-corrected chi connectivity index (χ1v) is 5.13. The van der Waals surface area contributed by atoms with E-state index in [2.05, 4.69) is 11.0 Å². The molecule has 0 unspecified atom stereocenters. The maximum Gasteiger partial charge on any atom is 0.309 e. The number of hydrogen-bond acceptors (Lipinski definition) is 3. The molecule has 0 spiro atoms. The zero-order valence-electron chi connectivity index (χ0n) is 8.76. The van der Waals surface area contributed by atoms with Gasteiger partial charge in [0.05, 0.1) is 17.6 Å². The van der Waals surface area contributed by atoms with Gasteiger partial charge in [0.1, 0.15) is 0 Å². The molecule has 1 aromatic rings. The Hall–Kier alpha value is -1.86. The molecule has 0 aliphatic carbocycles. The summed E-state index contributed by atoms with van der Waals surface area (Å²) in [4.78, 5) is 12.7. The molecule has 0 saturated carbocycles. The van der Waals surface area contributed by atoms with Gasteiger partial charge < -0.3 is 5.11 Å². The van der Waals surface area contributed by atoms with Crippen LogP contribution in [0.2, 0.25) is 0 Å². The molecule has 1 heterocycles. The molecular formula is C12H12N2O2. The van der Waals surface area contributed by atoms with Gasteiger partial charge in [-0.3, -0.25) is 9.69 Å². The SMILES string of the molecule is N#Cc1ccc(CN2CC(C(=O)O)C2)cc1. The highest BCUT2D eigenvalue weighted by molar-refractivity contribution is 5.71.